The molecular formula is C23H33N3O5. The Morgan fingerprint density at radius 1 is 1.35 bits per heavy atom. The molecule has 170 valence electrons. The van der Waals surface area contributed by atoms with E-state index >= 15 is 0 Å². The van der Waals surface area contributed by atoms with Gasteiger partial charge in [-0.3, -0.25) is 4.90 Å². The van der Waals surface area contributed by atoms with Gasteiger partial charge >= 0.3 is 5.97 Å². The number of likely N-dealkylation sites (N-methyl/N-ethyl adjacent to an activating group) is 1. The minimum Gasteiger partial charge on any atom is -0.492 e. The summed E-state index contributed by atoms with van der Waals surface area (Å²) in [7, 11) is 5.78. The summed E-state index contributed by atoms with van der Waals surface area (Å²) in [6, 6.07) is 0.439. The Morgan fingerprint density at radius 2 is 2.16 bits per heavy atom. The maximum Gasteiger partial charge on any atom is 0.343 e. The molecule has 6 aliphatic rings. The second-order valence-corrected chi connectivity index (χ2v) is 10.3. The third-order valence-electron chi connectivity index (χ3n) is 8.74. The van der Waals surface area contributed by atoms with Gasteiger partial charge in [-0.05, 0) is 40.4 Å². The van der Waals surface area contributed by atoms with Crippen molar-refractivity contribution >= 4 is 5.97 Å². The fourth-order valence-electron chi connectivity index (χ4n) is 7.63. The van der Waals surface area contributed by atoms with Crippen LogP contribution >= 0.6 is 0 Å². The van der Waals surface area contributed by atoms with Gasteiger partial charge in [0, 0.05) is 37.5 Å². The second kappa shape index (κ2) is 6.47. The van der Waals surface area contributed by atoms with E-state index in [0.717, 1.165) is 44.8 Å². The highest BCUT2D eigenvalue weighted by molar-refractivity contribution is 5.93. The number of carbonyl (C=O) groups excluding carboxylic acids is 1. The predicted octanol–water partition coefficient (Wildman–Crippen LogP) is 1.05. The van der Waals surface area contributed by atoms with Crippen molar-refractivity contribution in [3.8, 4) is 0 Å². The number of cyclic esters (lactones) is 1. The number of ether oxygens (including phenoxy) is 4. The Hall–Kier alpha value is -1.61. The van der Waals surface area contributed by atoms with Crippen LogP contribution in [0.1, 0.15) is 26.7 Å². The molecule has 0 amide bonds. The van der Waals surface area contributed by atoms with E-state index in [1.54, 1.807) is 14.0 Å². The number of piperidine rings is 1. The molecule has 0 aliphatic carbocycles. The first-order valence-corrected chi connectivity index (χ1v) is 11.6. The molecule has 0 aromatic heterocycles. The van der Waals surface area contributed by atoms with E-state index in [1.807, 2.05) is 0 Å². The summed E-state index contributed by atoms with van der Waals surface area (Å²) in [4.78, 5) is 17.2. The van der Waals surface area contributed by atoms with Gasteiger partial charge in [0.2, 0.25) is 11.5 Å². The summed E-state index contributed by atoms with van der Waals surface area (Å²) in [6.45, 7) is 7.95. The Morgan fingerprint density at radius 3 is 2.90 bits per heavy atom. The van der Waals surface area contributed by atoms with Crippen molar-refractivity contribution in [3.63, 3.8) is 0 Å². The summed E-state index contributed by atoms with van der Waals surface area (Å²) in [5.74, 6) is 1.36. The molecule has 6 aliphatic heterocycles. The first-order chi connectivity index (χ1) is 14.8. The van der Waals surface area contributed by atoms with Crippen LogP contribution in [-0.4, -0.2) is 86.6 Å². The van der Waals surface area contributed by atoms with E-state index in [-0.39, 0.29) is 29.4 Å². The van der Waals surface area contributed by atoms with Crippen molar-refractivity contribution in [2.24, 2.45) is 17.8 Å². The number of rotatable bonds is 6. The molecule has 1 N–H and O–H groups in total. The number of fused-ring (bicyclic) bond motifs is 1. The molecular weight excluding hydrogens is 398 g/mol. The lowest BCUT2D eigenvalue weighted by Gasteiger charge is -2.48. The average Bonchev–Trinajstić information content (AvgIpc) is 3.43. The van der Waals surface area contributed by atoms with Crippen LogP contribution in [0.25, 0.3) is 0 Å². The number of hydrogen-bond acceptors (Lipinski definition) is 8. The topological polar surface area (TPSA) is 72.5 Å². The average molecular weight is 432 g/mol. The Bertz CT molecular complexity index is 900. The lowest BCUT2D eigenvalue weighted by atomic mass is 9.71. The van der Waals surface area contributed by atoms with Crippen molar-refractivity contribution < 1.29 is 23.7 Å². The van der Waals surface area contributed by atoms with Crippen LogP contribution in [0, 0.1) is 17.8 Å². The van der Waals surface area contributed by atoms with Gasteiger partial charge in [-0.1, -0.05) is 6.92 Å². The molecule has 8 atom stereocenters. The lowest BCUT2D eigenvalue weighted by molar-refractivity contribution is -0.255. The first-order valence-electron chi connectivity index (χ1n) is 11.6. The molecule has 8 nitrogen and oxygen atoms in total. The van der Waals surface area contributed by atoms with Gasteiger partial charge in [-0.2, -0.15) is 0 Å². The Balaban J connectivity index is 1.35. The molecule has 8 heteroatoms. The molecule has 6 unspecified atom stereocenters. The zero-order valence-corrected chi connectivity index (χ0v) is 19.1. The normalized spacial score (nSPS) is 48.8. The quantitative estimate of drug-likeness (QED) is 0.494. The number of hydrogen-bond donors (Lipinski definition) is 1. The summed E-state index contributed by atoms with van der Waals surface area (Å²) in [5.41, 5.74) is 0.504. The van der Waals surface area contributed by atoms with Gasteiger partial charge in [-0.15, -0.1) is 0 Å². The molecule has 0 aromatic rings. The maximum absolute atomic E-state index is 12.2. The zero-order chi connectivity index (χ0) is 21.7. The lowest BCUT2D eigenvalue weighted by Crippen LogP contribution is -2.64. The Kier molecular flexibility index (Phi) is 4.18. The molecule has 6 rings (SSSR count). The molecule has 5 saturated heterocycles. The summed E-state index contributed by atoms with van der Waals surface area (Å²) >= 11 is 0. The summed E-state index contributed by atoms with van der Waals surface area (Å²) in [5, 5.41) is 3.72. The second-order valence-electron chi connectivity index (χ2n) is 10.3. The summed E-state index contributed by atoms with van der Waals surface area (Å²) in [6.07, 6.45) is 2.33. The highest BCUT2D eigenvalue weighted by atomic mass is 16.7. The smallest absolute Gasteiger partial charge is 0.343 e. The van der Waals surface area contributed by atoms with Gasteiger partial charge in [0.25, 0.3) is 0 Å². The van der Waals surface area contributed by atoms with Crippen molar-refractivity contribution in [1.82, 2.24) is 15.1 Å². The zero-order valence-electron chi connectivity index (χ0n) is 19.1. The van der Waals surface area contributed by atoms with Gasteiger partial charge in [0.1, 0.15) is 5.76 Å². The van der Waals surface area contributed by atoms with Crippen molar-refractivity contribution in [1.29, 1.82) is 0 Å². The largest absolute Gasteiger partial charge is 0.492 e. The monoisotopic (exact) mass is 431 g/mol. The molecule has 0 aromatic carbocycles. The molecule has 31 heavy (non-hydrogen) atoms. The number of methoxy groups -OCH3 is 1. The third-order valence-corrected chi connectivity index (χ3v) is 8.74. The molecule has 5 bridgehead atoms. The van der Waals surface area contributed by atoms with Crippen LogP contribution < -0.4 is 5.32 Å². The van der Waals surface area contributed by atoms with E-state index < -0.39 is 5.79 Å². The van der Waals surface area contributed by atoms with E-state index in [0.29, 0.717) is 29.1 Å². The molecule has 1 spiro atoms. The summed E-state index contributed by atoms with van der Waals surface area (Å²) < 4.78 is 24.7. The van der Waals surface area contributed by atoms with Crippen LogP contribution in [0.2, 0.25) is 0 Å². The van der Waals surface area contributed by atoms with Crippen molar-refractivity contribution in [2.45, 2.75) is 50.2 Å². The van der Waals surface area contributed by atoms with Crippen molar-refractivity contribution in [3.05, 3.63) is 22.9 Å². The molecule has 0 radical (unpaired) electrons. The fraction of sp³-hybridized carbons (Fsp3) is 0.783. The fourth-order valence-corrected chi connectivity index (χ4v) is 7.63. The highest BCUT2D eigenvalue weighted by Gasteiger charge is 2.84. The van der Waals surface area contributed by atoms with Crippen molar-refractivity contribution in [2.75, 3.05) is 47.4 Å². The van der Waals surface area contributed by atoms with Crippen LogP contribution in [0.5, 0.6) is 0 Å². The van der Waals surface area contributed by atoms with Gasteiger partial charge in [0.05, 0.1) is 30.2 Å². The standard InChI is InChI=1S/C23H33N3O5/c1-12-17-14-10-16-22(11-24-7-9-25(3)4)15(6-8-26(14)22)23(17,30-16)31-19(12)20-18(28-5)13(2)21(27)29-20/h12,14-17,24H,6-11H2,1-5H3/b20-19-/t12-,14?,15?,16?,17+,22?,23?/m0/s1. The number of nitrogens with zero attached hydrogens (tertiary/aromatic N) is 2. The molecule has 0 saturated carbocycles. The van der Waals surface area contributed by atoms with E-state index in [2.05, 4.69) is 36.1 Å². The number of nitrogens with one attached hydrogen (secondary N) is 1. The molecule has 5 fully saturated rings. The molecule has 6 heterocycles. The van der Waals surface area contributed by atoms with Gasteiger partial charge < -0.3 is 29.2 Å². The van der Waals surface area contributed by atoms with E-state index in [9.17, 15) is 4.79 Å². The number of carbonyl (C=O) groups is 1. The van der Waals surface area contributed by atoms with E-state index in [4.69, 9.17) is 18.9 Å². The van der Waals surface area contributed by atoms with Gasteiger partial charge in [-0.25, -0.2) is 4.79 Å². The van der Waals surface area contributed by atoms with E-state index in [1.165, 1.54) is 0 Å². The predicted molar refractivity (Wildman–Crippen MR) is 112 cm³/mol. The van der Waals surface area contributed by atoms with Crippen LogP contribution in [0.15, 0.2) is 22.9 Å². The Labute approximate surface area is 183 Å². The van der Waals surface area contributed by atoms with Gasteiger partial charge in [0.15, 0.2) is 5.76 Å². The third kappa shape index (κ3) is 2.27. The SMILES string of the molecule is COC1=C(C)C(=O)O/C1=C1\OC23OC4CC([C@H]2[C@@H]1C)N1CCC3C41CNCCN(C)C. The highest BCUT2D eigenvalue weighted by Crippen LogP contribution is 2.72. The first kappa shape index (κ1) is 20.0. The maximum atomic E-state index is 12.2. The van der Waals surface area contributed by atoms with Crippen LogP contribution in [0.3, 0.4) is 0 Å². The van der Waals surface area contributed by atoms with Crippen LogP contribution in [-0.2, 0) is 23.7 Å². The van der Waals surface area contributed by atoms with Crippen LogP contribution in [0.4, 0.5) is 0 Å². The minimum atomic E-state index is -0.618. The number of esters is 1. The minimum absolute atomic E-state index is 0.00944. The number of allylic oxidation sites excluding steroid dienone is 1.